The normalized spacial score (nSPS) is 24.3. The van der Waals surface area contributed by atoms with Crippen molar-refractivity contribution in [1.82, 2.24) is 5.32 Å². The third kappa shape index (κ3) is 2.83. The molecule has 3 rings (SSSR count). The third-order valence-corrected chi connectivity index (χ3v) is 4.26. The Labute approximate surface area is 127 Å². The van der Waals surface area contributed by atoms with Crippen LogP contribution in [0, 0.1) is 0 Å². The van der Waals surface area contributed by atoms with Crippen molar-refractivity contribution in [2.75, 3.05) is 6.61 Å². The van der Waals surface area contributed by atoms with Crippen molar-refractivity contribution < 1.29 is 14.3 Å². The first-order chi connectivity index (χ1) is 9.63. The topological polar surface area (TPSA) is 47.6 Å². The van der Waals surface area contributed by atoms with Gasteiger partial charge < -0.3 is 14.8 Å². The van der Waals surface area contributed by atoms with Gasteiger partial charge in [0.15, 0.2) is 0 Å². The fourth-order valence-electron chi connectivity index (χ4n) is 2.77. The van der Waals surface area contributed by atoms with Crippen LogP contribution >= 0.6 is 15.9 Å². The highest BCUT2D eigenvalue weighted by molar-refractivity contribution is 9.10. The van der Waals surface area contributed by atoms with Gasteiger partial charge in [0, 0.05) is 23.0 Å². The molecule has 1 aromatic carbocycles. The van der Waals surface area contributed by atoms with Gasteiger partial charge in [0.05, 0.1) is 12.7 Å². The third-order valence-electron chi connectivity index (χ3n) is 3.80. The number of hydrogen-bond acceptors (Lipinski definition) is 3. The summed E-state index contributed by atoms with van der Waals surface area (Å²) in [7, 11) is 0. The van der Waals surface area contributed by atoms with E-state index in [-0.39, 0.29) is 18.1 Å². The number of hydrogen-bond donors (Lipinski definition) is 1. The van der Waals surface area contributed by atoms with Gasteiger partial charge in [0.1, 0.15) is 11.9 Å². The number of amides is 1. The molecule has 5 heteroatoms. The summed E-state index contributed by atoms with van der Waals surface area (Å²) in [5.74, 6) is 0.898. The Bertz CT molecular complexity index is 532. The lowest BCUT2D eigenvalue weighted by Gasteiger charge is -2.13. The SMILES string of the molecule is CC1CCC(C(=O)NCc2cc(Br)cc3c2OCC3)O1. The second kappa shape index (κ2) is 5.74. The highest BCUT2D eigenvalue weighted by Gasteiger charge is 2.28. The van der Waals surface area contributed by atoms with Gasteiger partial charge in [-0.05, 0) is 37.5 Å². The predicted molar refractivity (Wildman–Crippen MR) is 78.8 cm³/mol. The summed E-state index contributed by atoms with van der Waals surface area (Å²) in [6.45, 7) is 3.20. The van der Waals surface area contributed by atoms with Gasteiger partial charge in [-0.2, -0.15) is 0 Å². The van der Waals surface area contributed by atoms with Crippen LogP contribution in [0.25, 0.3) is 0 Å². The summed E-state index contributed by atoms with van der Waals surface area (Å²) in [6.07, 6.45) is 2.57. The average Bonchev–Trinajstić information content (AvgIpc) is 3.03. The van der Waals surface area contributed by atoms with Crippen molar-refractivity contribution in [3.05, 3.63) is 27.7 Å². The minimum Gasteiger partial charge on any atom is -0.493 e. The van der Waals surface area contributed by atoms with Gasteiger partial charge in [0.25, 0.3) is 0 Å². The van der Waals surface area contributed by atoms with E-state index in [1.54, 1.807) is 0 Å². The summed E-state index contributed by atoms with van der Waals surface area (Å²) < 4.78 is 12.3. The summed E-state index contributed by atoms with van der Waals surface area (Å²) in [5.41, 5.74) is 2.22. The van der Waals surface area contributed by atoms with E-state index in [9.17, 15) is 4.79 Å². The lowest BCUT2D eigenvalue weighted by Crippen LogP contribution is -2.34. The Hall–Kier alpha value is -1.07. The maximum atomic E-state index is 12.1. The molecule has 0 radical (unpaired) electrons. The van der Waals surface area contributed by atoms with Crippen molar-refractivity contribution in [1.29, 1.82) is 0 Å². The van der Waals surface area contributed by atoms with Crippen LogP contribution in [-0.4, -0.2) is 24.7 Å². The molecule has 1 aromatic rings. The van der Waals surface area contributed by atoms with Crippen molar-refractivity contribution >= 4 is 21.8 Å². The van der Waals surface area contributed by atoms with Gasteiger partial charge in [-0.3, -0.25) is 4.79 Å². The second-order valence-electron chi connectivity index (χ2n) is 5.38. The molecule has 1 N–H and O–H groups in total. The highest BCUT2D eigenvalue weighted by atomic mass is 79.9. The monoisotopic (exact) mass is 339 g/mol. The summed E-state index contributed by atoms with van der Waals surface area (Å²) in [5, 5.41) is 2.95. The summed E-state index contributed by atoms with van der Waals surface area (Å²) in [4.78, 5) is 12.1. The Morgan fingerprint density at radius 1 is 1.45 bits per heavy atom. The van der Waals surface area contributed by atoms with E-state index in [1.807, 2.05) is 13.0 Å². The average molecular weight is 340 g/mol. The Kier molecular flexibility index (Phi) is 3.98. The van der Waals surface area contributed by atoms with Crippen molar-refractivity contribution in [3.63, 3.8) is 0 Å². The molecule has 2 atom stereocenters. The van der Waals surface area contributed by atoms with Crippen LogP contribution in [0.5, 0.6) is 5.75 Å². The molecule has 2 aliphatic heterocycles. The van der Waals surface area contributed by atoms with Gasteiger partial charge in [-0.15, -0.1) is 0 Å². The van der Waals surface area contributed by atoms with Crippen LogP contribution in [0.15, 0.2) is 16.6 Å². The zero-order valence-corrected chi connectivity index (χ0v) is 13.0. The maximum Gasteiger partial charge on any atom is 0.249 e. The zero-order valence-electron chi connectivity index (χ0n) is 11.4. The number of rotatable bonds is 3. The Balaban J connectivity index is 1.65. The van der Waals surface area contributed by atoms with Gasteiger partial charge in [-0.25, -0.2) is 0 Å². The number of nitrogens with one attached hydrogen (secondary N) is 1. The standard InChI is InChI=1S/C15H18BrNO3/c1-9-2-3-13(20-9)15(18)17-8-11-7-12(16)6-10-4-5-19-14(10)11/h6-7,9,13H,2-5,8H2,1H3,(H,17,18). The van der Waals surface area contributed by atoms with Crippen molar-refractivity contribution in [3.8, 4) is 5.75 Å². The first-order valence-corrected chi connectivity index (χ1v) is 7.80. The molecular formula is C15H18BrNO3. The van der Waals surface area contributed by atoms with E-state index in [2.05, 4.69) is 27.3 Å². The van der Waals surface area contributed by atoms with Gasteiger partial charge >= 0.3 is 0 Å². The molecule has 2 aliphatic rings. The van der Waals surface area contributed by atoms with Crippen molar-refractivity contribution in [2.24, 2.45) is 0 Å². The smallest absolute Gasteiger partial charge is 0.249 e. The van der Waals surface area contributed by atoms with Crippen molar-refractivity contribution in [2.45, 2.75) is 44.9 Å². The zero-order chi connectivity index (χ0) is 14.1. The molecule has 108 valence electrons. The molecule has 0 saturated carbocycles. The molecule has 2 heterocycles. The maximum absolute atomic E-state index is 12.1. The number of benzene rings is 1. The van der Waals surface area contributed by atoms with E-state index in [1.165, 1.54) is 5.56 Å². The number of fused-ring (bicyclic) bond motifs is 1. The number of ether oxygens (including phenoxy) is 2. The molecule has 1 amide bonds. The van der Waals surface area contributed by atoms with E-state index in [0.29, 0.717) is 6.54 Å². The van der Waals surface area contributed by atoms with Crippen LogP contribution in [0.3, 0.4) is 0 Å². The fraction of sp³-hybridized carbons (Fsp3) is 0.533. The number of halogens is 1. The van der Waals surface area contributed by atoms with Crippen LogP contribution < -0.4 is 10.1 Å². The molecule has 1 saturated heterocycles. The molecule has 2 unspecified atom stereocenters. The van der Waals surface area contributed by atoms with E-state index in [0.717, 1.165) is 41.7 Å². The Morgan fingerprint density at radius 3 is 3.05 bits per heavy atom. The number of carbonyl (C=O) groups excluding carboxylic acids is 1. The largest absolute Gasteiger partial charge is 0.493 e. The minimum atomic E-state index is -0.300. The van der Waals surface area contributed by atoms with E-state index in [4.69, 9.17) is 9.47 Å². The molecular weight excluding hydrogens is 322 g/mol. The first kappa shape index (κ1) is 13.9. The lowest BCUT2D eigenvalue weighted by molar-refractivity contribution is -0.131. The lowest BCUT2D eigenvalue weighted by atomic mass is 10.1. The van der Waals surface area contributed by atoms with Gasteiger partial charge in [0.2, 0.25) is 5.91 Å². The molecule has 0 spiro atoms. The highest BCUT2D eigenvalue weighted by Crippen LogP contribution is 2.33. The minimum absolute atomic E-state index is 0.0268. The molecule has 0 aromatic heterocycles. The first-order valence-electron chi connectivity index (χ1n) is 7.01. The molecule has 20 heavy (non-hydrogen) atoms. The Morgan fingerprint density at radius 2 is 2.30 bits per heavy atom. The van der Waals surface area contributed by atoms with Gasteiger partial charge in [-0.1, -0.05) is 15.9 Å². The fourth-order valence-corrected chi connectivity index (χ4v) is 3.32. The predicted octanol–water partition coefficient (Wildman–Crippen LogP) is 2.57. The van der Waals surface area contributed by atoms with E-state index < -0.39 is 0 Å². The summed E-state index contributed by atoms with van der Waals surface area (Å²) in [6, 6.07) is 4.08. The van der Waals surface area contributed by atoms with E-state index >= 15 is 0 Å². The quantitative estimate of drug-likeness (QED) is 0.920. The molecule has 4 nitrogen and oxygen atoms in total. The molecule has 0 bridgehead atoms. The van der Waals surface area contributed by atoms with Crippen LogP contribution in [0.1, 0.15) is 30.9 Å². The number of carbonyl (C=O) groups is 1. The van der Waals surface area contributed by atoms with Crippen LogP contribution in [0.4, 0.5) is 0 Å². The summed E-state index contributed by atoms with van der Waals surface area (Å²) >= 11 is 3.50. The molecule has 0 aliphatic carbocycles. The van der Waals surface area contributed by atoms with Crippen LogP contribution in [-0.2, 0) is 22.5 Å². The van der Waals surface area contributed by atoms with Crippen LogP contribution in [0.2, 0.25) is 0 Å². The second-order valence-corrected chi connectivity index (χ2v) is 6.30. The molecule has 1 fully saturated rings.